The molecule has 27 heavy (non-hydrogen) atoms. The molecule has 0 unspecified atom stereocenters. The monoisotopic (exact) mass is 362 g/mol. The summed E-state index contributed by atoms with van der Waals surface area (Å²) in [5.74, 6) is 0.709. The quantitative estimate of drug-likeness (QED) is 0.714. The molecular weight excluding hydrogens is 340 g/mol. The molecule has 1 atom stereocenters. The maximum atomic E-state index is 12.8. The van der Waals surface area contributed by atoms with Crippen molar-refractivity contribution in [3.05, 3.63) is 60.4 Å². The molecule has 0 radical (unpaired) electrons. The molecule has 0 saturated heterocycles. The van der Waals surface area contributed by atoms with Crippen molar-refractivity contribution in [2.75, 3.05) is 31.6 Å². The number of anilines is 1. The largest absolute Gasteiger partial charge is 0.485 e. The molecule has 3 aromatic rings. The van der Waals surface area contributed by atoms with Crippen LogP contribution in [0, 0.1) is 0 Å². The first-order valence-electron chi connectivity index (χ1n) is 9.13. The second-order valence-electron chi connectivity index (χ2n) is 6.68. The van der Waals surface area contributed by atoms with Crippen LogP contribution in [-0.4, -0.2) is 53.6 Å². The molecule has 138 valence electrons. The zero-order valence-corrected chi connectivity index (χ0v) is 15.5. The molecule has 0 spiro atoms. The van der Waals surface area contributed by atoms with E-state index in [-0.39, 0.29) is 12.0 Å². The van der Waals surface area contributed by atoms with E-state index in [1.54, 1.807) is 11.9 Å². The number of carbonyl (C=O) groups excluding carboxylic acids is 1. The number of hydrogen-bond acceptors (Lipinski definition) is 5. The number of amides is 1. The van der Waals surface area contributed by atoms with E-state index in [9.17, 15) is 4.79 Å². The number of carbonyl (C=O) groups is 1. The fourth-order valence-electron chi connectivity index (χ4n) is 3.42. The van der Waals surface area contributed by atoms with Crippen LogP contribution in [0.3, 0.4) is 0 Å². The third-order valence-corrected chi connectivity index (χ3v) is 4.80. The summed E-state index contributed by atoms with van der Waals surface area (Å²) >= 11 is 0. The predicted molar refractivity (Wildman–Crippen MR) is 105 cm³/mol. The molecule has 1 aliphatic rings. The van der Waals surface area contributed by atoms with Gasteiger partial charge in [-0.05, 0) is 31.2 Å². The summed E-state index contributed by atoms with van der Waals surface area (Å²) in [5, 5.41) is 0. The van der Waals surface area contributed by atoms with Crippen LogP contribution in [0.4, 0.5) is 5.69 Å². The molecule has 2 heterocycles. The molecule has 6 heteroatoms. The van der Waals surface area contributed by atoms with Gasteiger partial charge in [0.15, 0.2) is 0 Å². The van der Waals surface area contributed by atoms with E-state index >= 15 is 0 Å². The van der Waals surface area contributed by atoms with Crippen LogP contribution < -0.4 is 9.64 Å². The minimum atomic E-state index is -0.154. The fraction of sp³-hybridized carbons (Fsp3) is 0.286. The number of fused-ring (bicyclic) bond motifs is 2. The van der Waals surface area contributed by atoms with Gasteiger partial charge in [-0.1, -0.05) is 24.3 Å². The molecular formula is C21H22N4O2. The van der Waals surface area contributed by atoms with Gasteiger partial charge in [0, 0.05) is 13.6 Å². The normalized spacial score (nSPS) is 15.9. The van der Waals surface area contributed by atoms with Crippen molar-refractivity contribution < 1.29 is 9.53 Å². The predicted octanol–water partition coefficient (Wildman–Crippen LogP) is 2.99. The zero-order valence-electron chi connectivity index (χ0n) is 15.5. The van der Waals surface area contributed by atoms with Gasteiger partial charge in [0.05, 0.1) is 36.0 Å². The number of aromatic nitrogens is 2. The van der Waals surface area contributed by atoms with Gasteiger partial charge in [-0.2, -0.15) is 0 Å². The van der Waals surface area contributed by atoms with E-state index in [1.807, 2.05) is 42.5 Å². The van der Waals surface area contributed by atoms with Crippen molar-refractivity contribution in [1.82, 2.24) is 14.9 Å². The fourth-order valence-corrected chi connectivity index (χ4v) is 3.42. The summed E-state index contributed by atoms with van der Waals surface area (Å²) < 4.78 is 6.12. The Labute approximate surface area is 158 Å². The van der Waals surface area contributed by atoms with Crippen LogP contribution in [0.15, 0.2) is 54.7 Å². The summed E-state index contributed by atoms with van der Waals surface area (Å²) in [6.45, 7) is 4.25. The summed E-state index contributed by atoms with van der Waals surface area (Å²) in [6, 6.07) is 15.6. The molecule has 0 saturated carbocycles. The lowest BCUT2D eigenvalue weighted by Gasteiger charge is -2.37. The van der Waals surface area contributed by atoms with Gasteiger partial charge in [-0.25, -0.2) is 4.98 Å². The Morgan fingerprint density at radius 3 is 2.74 bits per heavy atom. The van der Waals surface area contributed by atoms with Gasteiger partial charge in [0.1, 0.15) is 17.5 Å². The van der Waals surface area contributed by atoms with E-state index < -0.39 is 0 Å². The Balaban J connectivity index is 1.49. The number of para-hydroxylation sites is 4. The number of ether oxygens (including phenoxy) is 1. The minimum absolute atomic E-state index is 0.0952. The highest BCUT2D eigenvalue weighted by Crippen LogP contribution is 2.32. The Morgan fingerprint density at radius 1 is 1.19 bits per heavy atom. The summed E-state index contributed by atoms with van der Waals surface area (Å²) in [6.07, 6.45) is 1.44. The number of rotatable bonds is 4. The van der Waals surface area contributed by atoms with Crippen molar-refractivity contribution in [2.45, 2.75) is 13.0 Å². The molecule has 6 nitrogen and oxygen atoms in total. The van der Waals surface area contributed by atoms with Crippen molar-refractivity contribution in [3.63, 3.8) is 0 Å². The molecule has 4 rings (SSSR count). The zero-order chi connectivity index (χ0) is 18.8. The van der Waals surface area contributed by atoms with E-state index in [2.05, 4.69) is 27.9 Å². The Kier molecular flexibility index (Phi) is 4.62. The summed E-state index contributed by atoms with van der Waals surface area (Å²) in [5.41, 5.74) is 2.95. The van der Waals surface area contributed by atoms with Crippen LogP contribution in [0.25, 0.3) is 11.0 Å². The third-order valence-electron chi connectivity index (χ3n) is 4.80. The third kappa shape index (κ3) is 3.43. The summed E-state index contributed by atoms with van der Waals surface area (Å²) in [7, 11) is 1.78. The van der Waals surface area contributed by atoms with Gasteiger partial charge in [0.2, 0.25) is 0 Å². The lowest BCUT2D eigenvalue weighted by molar-refractivity contribution is 0.0704. The van der Waals surface area contributed by atoms with Crippen LogP contribution in [0.1, 0.15) is 17.4 Å². The van der Waals surface area contributed by atoms with Gasteiger partial charge in [-0.15, -0.1) is 0 Å². The Bertz CT molecular complexity index is 975. The lowest BCUT2D eigenvalue weighted by atomic mass is 10.1. The van der Waals surface area contributed by atoms with Crippen molar-refractivity contribution in [1.29, 1.82) is 0 Å². The SMILES string of the molecule is CCN1C[C@@H](CN(C)C(=O)c2cnc3ccccc3n2)Oc2ccccc21. The highest BCUT2D eigenvalue weighted by molar-refractivity contribution is 5.93. The molecule has 0 N–H and O–H groups in total. The highest BCUT2D eigenvalue weighted by Gasteiger charge is 2.27. The molecule has 0 aliphatic carbocycles. The van der Waals surface area contributed by atoms with Gasteiger partial charge >= 0.3 is 0 Å². The summed E-state index contributed by atoms with van der Waals surface area (Å²) in [4.78, 5) is 25.5. The molecule has 0 fully saturated rings. The average molecular weight is 362 g/mol. The van der Waals surface area contributed by atoms with E-state index in [4.69, 9.17) is 4.74 Å². The van der Waals surface area contributed by atoms with Crippen LogP contribution >= 0.6 is 0 Å². The lowest BCUT2D eigenvalue weighted by Crippen LogP contribution is -2.47. The van der Waals surface area contributed by atoms with Crippen LogP contribution in [-0.2, 0) is 0 Å². The smallest absolute Gasteiger partial charge is 0.273 e. The average Bonchev–Trinajstić information content (AvgIpc) is 2.72. The Hall–Kier alpha value is -3.15. The second-order valence-corrected chi connectivity index (χ2v) is 6.68. The number of hydrogen-bond donors (Lipinski definition) is 0. The number of benzene rings is 2. The second kappa shape index (κ2) is 7.23. The standard InChI is InChI=1S/C21H22N4O2/c1-3-25-14-15(27-20-11-7-6-10-19(20)25)13-24(2)21(26)18-12-22-16-8-4-5-9-17(16)23-18/h4-12,15H,3,13-14H2,1-2H3/t15-/m1/s1. The molecule has 0 bridgehead atoms. The van der Waals surface area contributed by atoms with Gasteiger partial charge in [-0.3, -0.25) is 9.78 Å². The number of nitrogens with zero attached hydrogens (tertiary/aromatic N) is 4. The first-order chi connectivity index (χ1) is 13.2. The van der Waals surface area contributed by atoms with Crippen molar-refractivity contribution in [2.24, 2.45) is 0 Å². The van der Waals surface area contributed by atoms with E-state index in [0.29, 0.717) is 12.2 Å². The minimum Gasteiger partial charge on any atom is -0.485 e. The van der Waals surface area contributed by atoms with Gasteiger partial charge in [0.25, 0.3) is 5.91 Å². The van der Waals surface area contributed by atoms with E-state index in [0.717, 1.165) is 35.6 Å². The van der Waals surface area contributed by atoms with Crippen molar-refractivity contribution >= 4 is 22.6 Å². The molecule has 1 aliphatic heterocycles. The molecule has 1 aromatic heterocycles. The molecule has 1 amide bonds. The highest BCUT2D eigenvalue weighted by atomic mass is 16.5. The Morgan fingerprint density at radius 2 is 1.93 bits per heavy atom. The maximum Gasteiger partial charge on any atom is 0.273 e. The maximum absolute atomic E-state index is 12.8. The van der Waals surface area contributed by atoms with E-state index in [1.165, 1.54) is 6.20 Å². The molecule has 2 aromatic carbocycles. The first-order valence-corrected chi connectivity index (χ1v) is 9.13. The van der Waals surface area contributed by atoms with Crippen molar-refractivity contribution in [3.8, 4) is 5.75 Å². The van der Waals surface area contributed by atoms with Crippen LogP contribution in [0.2, 0.25) is 0 Å². The van der Waals surface area contributed by atoms with Crippen LogP contribution in [0.5, 0.6) is 5.75 Å². The topological polar surface area (TPSA) is 58.6 Å². The number of likely N-dealkylation sites (N-methyl/N-ethyl adjacent to an activating group) is 2. The van der Waals surface area contributed by atoms with Gasteiger partial charge < -0.3 is 14.5 Å². The first kappa shape index (κ1) is 17.3.